The number of fused-ring (bicyclic) bond motifs is 1. The molecular weight excluding hydrogens is 352 g/mol. The number of amides is 2. The van der Waals surface area contributed by atoms with Crippen LogP contribution >= 0.6 is 0 Å². The first-order chi connectivity index (χ1) is 13.0. The van der Waals surface area contributed by atoms with Crippen molar-refractivity contribution in [2.75, 3.05) is 6.54 Å². The normalized spacial score (nSPS) is 21.6. The van der Waals surface area contributed by atoms with Gasteiger partial charge < -0.3 is 4.52 Å². The van der Waals surface area contributed by atoms with E-state index < -0.39 is 4.92 Å². The van der Waals surface area contributed by atoms with Crippen LogP contribution in [0, 0.1) is 22.0 Å². The molecule has 0 unspecified atom stereocenters. The lowest BCUT2D eigenvalue weighted by molar-refractivity contribution is -0.384. The third-order valence-electron chi connectivity index (χ3n) is 4.95. The number of likely N-dealkylation sites (tertiary alicyclic amines) is 1. The summed E-state index contributed by atoms with van der Waals surface area (Å²) in [6.07, 6.45) is 5.38. The van der Waals surface area contributed by atoms with Gasteiger partial charge in [0.15, 0.2) is 0 Å². The van der Waals surface area contributed by atoms with Crippen molar-refractivity contribution in [3.05, 3.63) is 52.4 Å². The molecule has 1 aromatic heterocycles. The summed E-state index contributed by atoms with van der Waals surface area (Å²) in [6.45, 7) is 0.201. The summed E-state index contributed by atoms with van der Waals surface area (Å²) < 4.78 is 5.19. The number of benzene rings is 1. The molecule has 4 rings (SSSR count). The lowest BCUT2D eigenvalue weighted by Gasteiger charge is -2.14. The fourth-order valence-corrected chi connectivity index (χ4v) is 3.50. The van der Waals surface area contributed by atoms with Gasteiger partial charge in [-0.3, -0.25) is 24.6 Å². The second-order valence-electron chi connectivity index (χ2n) is 6.55. The maximum atomic E-state index is 12.4. The molecule has 2 atom stereocenters. The average Bonchev–Trinajstić information content (AvgIpc) is 3.25. The van der Waals surface area contributed by atoms with Crippen molar-refractivity contribution in [3.8, 4) is 11.4 Å². The van der Waals surface area contributed by atoms with Gasteiger partial charge in [-0.2, -0.15) is 4.98 Å². The number of nitro benzene ring substituents is 1. The predicted octanol–water partition coefficient (Wildman–Crippen LogP) is 2.14. The number of nitrogens with zero attached hydrogens (tertiary/aromatic N) is 4. The van der Waals surface area contributed by atoms with Gasteiger partial charge in [0.25, 0.3) is 5.69 Å². The SMILES string of the molecule is O=C1[C@@H]2CC=CC[C@H]2C(=O)N1CCc1nc(-c2ccc([N+](=O)[O-])cc2)no1. The Morgan fingerprint density at radius 3 is 2.33 bits per heavy atom. The first-order valence-corrected chi connectivity index (χ1v) is 8.62. The van der Waals surface area contributed by atoms with Gasteiger partial charge in [0.05, 0.1) is 16.8 Å². The molecule has 27 heavy (non-hydrogen) atoms. The molecule has 1 aliphatic carbocycles. The van der Waals surface area contributed by atoms with Crippen molar-refractivity contribution in [1.82, 2.24) is 15.0 Å². The van der Waals surface area contributed by atoms with Gasteiger partial charge in [-0.15, -0.1) is 0 Å². The first kappa shape index (κ1) is 17.1. The highest BCUT2D eigenvalue weighted by atomic mass is 16.6. The van der Waals surface area contributed by atoms with Crippen LogP contribution in [0.1, 0.15) is 18.7 Å². The molecule has 2 aromatic rings. The largest absolute Gasteiger partial charge is 0.339 e. The van der Waals surface area contributed by atoms with Gasteiger partial charge in [-0.1, -0.05) is 17.3 Å². The Kier molecular flexibility index (Phi) is 4.27. The number of aromatic nitrogens is 2. The van der Waals surface area contributed by atoms with Crippen LogP contribution < -0.4 is 0 Å². The molecule has 9 heteroatoms. The Morgan fingerprint density at radius 2 is 1.74 bits per heavy atom. The number of hydrogen-bond acceptors (Lipinski definition) is 7. The van der Waals surface area contributed by atoms with Crippen LogP contribution in [-0.2, 0) is 16.0 Å². The van der Waals surface area contributed by atoms with E-state index in [4.69, 9.17) is 4.52 Å². The zero-order valence-corrected chi connectivity index (χ0v) is 14.3. The molecule has 0 saturated carbocycles. The third kappa shape index (κ3) is 3.12. The van der Waals surface area contributed by atoms with E-state index in [1.54, 1.807) is 0 Å². The summed E-state index contributed by atoms with van der Waals surface area (Å²) in [5.74, 6) is -0.163. The summed E-state index contributed by atoms with van der Waals surface area (Å²) in [6, 6.07) is 5.81. The lowest BCUT2D eigenvalue weighted by atomic mass is 9.85. The zero-order valence-electron chi connectivity index (χ0n) is 14.3. The Labute approximate surface area is 153 Å². The van der Waals surface area contributed by atoms with Gasteiger partial charge in [-0.05, 0) is 25.0 Å². The smallest absolute Gasteiger partial charge is 0.269 e. The van der Waals surface area contributed by atoms with Crippen molar-refractivity contribution in [1.29, 1.82) is 0 Å². The maximum absolute atomic E-state index is 12.4. The van der Waals surface area contributed by atoms with Gasteiger partial charge in [0.1, 0.15) is 0 Å². The molecule has 1 aromatic carbocycles. The Balaban J connectivity index is 1.42. The summed E-state index contributed by atoms with van der Waals surface area (Å²) >= 11 is 0. The van der Waals surface area contributed by atoms with Crippen LogP contribution in [-0.4, -0.2) is 38.3 Å². The van der Waals surface area contributed by atoms with Crippen molar-refractivity contribution in [3.63, 3.8) is 0 Å². The molecule has 2 heterocycles. The van der Waals surface area contributed by atoms with Crippen LogP contribution in [0.15, 0.2) is 40.9 Å². The van der Waals surface area contributed by atoms with E-state index >= 15 is 0 Å². The van der Waals surface area contributed by atoms with Crippen molar-refractivity contribution < 1.29 is 19.0 Å². The minimum absolute atomic E-state index is 0.0236. The predicted molar refractivity (Wildman–Crippen MR) is 92.2 cm³/mol. The topological polar surface area (TPSA) is 119 Å². The standard InChI is InChI=1S/C18H16N4O5/c23-17-13-3-1-2-4-14(13)18(24)21(17)10-9-15-19-16(20-27-15)11-5-7-12(8-6-11)22(25)26/h1-2,5-8,13-14H,3-4,9-10H2/t13-,14-/m1/s1. The third-order valence-corrected chi connectivity index (χ3v) is 4.95. The molecule has 1 fully saturated rings. The molecule has 0 radical (unpaired) electrons. The minimum atomic E-state index is -0.483. The number of hydrogen-bond donors (Lipinski definition) is 0. The number of carbonyl (C=O) groups excluding carboxylic acids is 2. The van der Waals surface area contributed by atoms with Gasteiger partial charge in [0.2, 0.25) is 23.5 Å². The first-order valence-electron chi connectivity index (χ1n) is 8.62. The highest BCUT2D eigenvalue weighted by molar-refractivity contribution is 6.05. The van der Waals surface area contributed by atoms with Gasteiger partial charge in [0, 0.05) is 30.7 Å². The van der Waals surface area contributed by atoms with Crippen molar-refractivity contribution in [2.24, 2.45) is 11.8 Å². The second kappa shape index (κ2) is 6.75. The molecular formula is C18H16N4O5. The second-order valence-corrected chi connectivity index (χ2v) is 6.55. The summed E-state index contributed by atoms with van der Waals surface area (Å²) in [5, 5.41) is 14.6. The van der Waals surface area contributed by atoms with Crippen LogP contribution in [0.3, 0.4) is 0 Å². The highest BCUT2D eigenvalue weighted by Gasteiger charge is 2.46. The molecule has 1 saturated heterocycles. The summed E-state index contributed by atoms with van der Waals surface area (Å²) in [7, 11) is 0. The van der Waals surface area contributed by atoms with Crippen molar-refractivity contribution >= 4 is 17.5 Å². The number of rotatable bonds is 5. The van der Waals surface area contributed by atoms with Gasteiger partial charge >= 0.3 is 0 Å². The fraction of sp³-hybridized carbons (Fsp3) is 0.333. The molecule has 0 N–H and O–H groups in total. The van der Waals surface area contributed by atoms with E-state index in [1.807, 2.05) is 12.2 Å². The monoisotopic (exact) mass is 368 g/mol. The lowest BCUT2D eigenvalue weighted by Crippen LogP contribution is -2.33. The number of imide groups is 1. The van der Waals surface area contributed by atoms with E-state index in [0.717, 1.165) is 0 Å². The summed E-state index contributed by atoms with van der Waals surface area (Å²) in [4.78, 5) is 40.6. The number of nitro groups is 1. The Morgan fingerprint density at radius 1 is 1.11 bits per heavy atom. The summed E-state index contributed by atoms with van der Waals surface area (Å²) in [5.41, 5.74) is 0.561. The molecule has 2 aliphatic rings. The van der Waals surface area contributed by atoms with E-state index in [1.165, 1.54) is 29.2 Å². The Bertz CT molecular complexity index is 907. The minimum Gasteiger partial charge on any atom is -0.339 e. The fourth-order valence-electron chi connectivity index (χ4n) is 3.50. The van der Waals surface area contributed by atoms with Crippen LogP contribution in [0.5, 0.6) is 0 Å². The Hall–Kier alpha value is -3.36. The van der Waals surface area contributed by atoms with E-state index in [9.17, 15) is 19.7 Å². The maximum Gasteiger partial charge on any atom is 0.269 e. The number of allylic oxidation sites excluding steroid dienone is 2. The quantitative estimate of drug-likeness (QED) is 0.343. The highest BCUT2D eigenvalue weighted by Crippen LogP contribution is 2.35. The molecule has 0 bridgehead atoms. The van der Waals surface area contributed by atoms with Crippen LogP contribution in [0.2, 0.25) is 0 Å². The van der Waals surface area contributed by atoms with Crippen LogP contribution in [0.4, 0.5) is 5.69 Å². The molecule has 0 spiro atoms. The zero-order chi connectivity index (χ0) is 19.0. The number of carbonyl (C=O) groups is 2. The van der Waals surface area contributed by atoms with Gasteiger partial charge in [-0.25, -0.2) is 0 Å². The molecule has 138 valence electrons. The van der Waals surface area contributed by atoms with Crippen molar-refractivity contribution in [2.45, 2.75) is 19.3 Å². The molecule has 1 aliphatic heterocycles. The molecule has 9 nitrogen and oxygen atoms in total. The van der Waals surface area contributed by atoms with E-state index in [-0.39, 0.29) is 42.3 Å². The van der Waals surface area contributed by atoms with Crippen LogP contribution in [0.25, 0.3) is 11.4 Å². The van der Waals surface area contributed by atoms with E-state index in [2.05, 4.69) is 10.1 Å². The molecule has 2 amide bonds. The number of non-ortho nitro benzene ring substituents is 1. The van der Waals surface area contributed by atoms with E-state index in [0.29, 0.717) is 30.1 Å². The average molecular weight is 368 g/mol.